The van der Waals surface area contributed by atoms with Gasteiger partial charge >= 0.3 is 11.9 Å². The van der Waals surface area contributed by atoms with Gasteiger partial charge < -0.3 is 20.3 Å². The van der Waals surface area contributed by atoms with E-state index in [1.54, 1.807) is 30.3 Å². The SMILES string of the molecule is O=C(O)C[C@@H](NC(=O)COc1ccccc1)C(=O)O. The fraction of sp³-hybridized carbons (Fsp3) is 0.250. The summed E-state index contributed by atoms with van der Waals surface area (Å²) in [5.74, 6) is -2.95. The molecule has 0 radical (unpaired) electrons. The number of carboxylic acid groups (broad SMARTS) is 2. The van der Waals surface area contributed by atoms with Gasteiger partial charge in [-0.15, -0.1) is 0 Å². The Bertz CT molecular complexity index is 459. The fourth-order valence-electron chi connectivity index (χ4n) is 1.28. The standard InChI is InChI=1S/C12H13NO6/c14-10(7-19-8-4-2-1-3-5-8)13-9(12(17)18)6-11(15)16/h1-5,9H,6-7H2,(H,13,14)(H,15,16)(H,17,18)/t9-/m1/s1. The molecular weight excluding hydrogens is 254 g/mol. The quantitative estimate of drug-likeness (QED) is 0.646. The number of carboxylic acids is 2. The second-order valence-electron chi connectivity index (χ2n) is 3.66. The molecule has 1 atom stereocenters. The number of aliphatic carboxylic acids is 2. The van der Waals surface area contributed by atoms with E-state index in [1.807, 2.05) is 0 Å². The van der Waals surface area contributed by atoms with Crippen molar-refractivity contribution in [2.24, 2.45) is 0 Å². The zero-order valence-electron chi connectivity index (χ0n) is 9.91. The van der Waals surface area contributed by atoms with Crippen LogP contribution in [0.4, 0.5) is 0 Å². The number of hydrogen-bond acceptors (Lipinski definition) is 4. The number of carbonyl (C=O) groups is 3. The van der Waals surface area contributed by atoms with Crippen molar-refractivity contribution in [3.8, 4) is 5.75 Å². The molecule has 0 aromatic heterocycles. The van der Waals surface area contributed by atoms with E-state index in [1.165, 1.54) is 0 Å². The maximum atomic E-state index is 11.4. The van der Waals surface area contributed by atoms with Gasteiger partial charge in [-0.3, -0.25) is 9.59 Å². The lowest BCUT2D eigenvalue weighted by Crippen LogP contribution is -2.44. The van der Waals surface area contributed by atoms with Crippen molar-refractivity contribution in [1.29, 1.82) is 0 Å². The summed E-state index contributed by atoms with van der Waals surface area (Å²) in [5.41, 5.74) is 0. The van der Waals surface area contributed by atoms with Gasteiger partial charge in [0, 0.05) is 0 Å². The van der Waals surface area contributed by atoms with Crippen LogP contribution in [0.15, 0.2) is 30.3 Å². The van der Waals surface area contributed by atoms with E-state index in [2.05, 4.69) is 5.32 Å². The Kier molecular flexibility index (Phi) is 5.34. The van der Waals surface area contributed by atoms with Crippen molar-refractivity contribution in [1.82, 2.24) is 5.32 Å². The van der Waals surface area contributed by atoms with Crippen molar-refractivity contribution in [2.75, 3.05) is 6.61 Å². The molecular formula is C12H13NO6. The predicted molar refractivity (Wildman–Crippen MR) is 63.8 cm³/mol. The molecule has 0 spiro atoms. The average Bonchev–Trinajstić information content (AvgIpc) is 2.36. The minimum atomic E-state index is -1.47. The maximum Gasteiger partial charge on any atom is 0.326 e. The number of ether oxygens (including phenoxy) is 1. The highest BCUT2D eigenvalue weighted by Gasteiger charge is 2.22. The Morgan fingerprint density at radius 1 is 1.16 bits per heavy atom. The first-order chi connectivity index (χ1) is 8.99. The number of para-hydroxylation sites is 1. The van der Waals surface area contributed by atoms with E-state index in [4.69, 9.17) is 14.9 Å². The van der Waals surface area contributed by atoms with Crippen molar-refractivity contribution in [2.45, 2.75) is 12.5 Å². The molecule has 1 rings (SSSR count). The summed E-state index contributed by atoms with van der Waals surface area (Å²) in [6, 6.07) is 7.03. The van der Waals surface area contributed by atoms with Crippen molar-refractivity contribution < 1.29 is 29.3 Å². The molecule has 1 aromatic carbocycles. The molecule has 0 aliphatic rings. The van der Waals surface area contributed by atoms with E-state index in [0.717, 1.165) is 0 Å². The second kappa shape index (κ2) is 7.00. The lowest BCUT2D eigenvalue weighted by atomic mass is 10.2. The molecule has 0 heterocycles. The Labute approximate surface area is 108 Å². The summed E-state index contributed by atoms with van der Waals surface area (Å²) in [6.07, 6.45) is -0.688. The molecule has 0 aliphatic heterocycles. The van der Waals surface area contributed by atoms with Gasteiger partial charge in [-0.25, -0.2) is 4.79 Å². The first-order valence-electron chi connectivity index (χ1n) is 5.41. The van der Waals surface area contributed by atoms with Gasteiger partial charge in [0.15, 0.2) is 6.61 Å². The van der Waals surface area contributed by atoms with Gasteiger partial charge in [0.05, 0.1) is 6.42 Å². The van der Waals surface area contributed by atoms with Crippen LogP contribution in [0, 0.1) is 0 Å². The van der Waals surface area contributed by atoms with Crippen LogP contribution in [0.1, 0.15) is 6.42 Å². The van der Waals surface area contributed by atoms with Crippen LogP contribution in [0.5, 0.6) is 5.75 Å². The zero-order chi connectivity index (χ0) is 14.3. The topological polar surface area (TPSA) is 113 Å². The van der Waals surface area contributed by atoms with E-state index >= 15 is 0 Å². The lowest BCUT2D eigenvalue weighted by Gasteiger charge is -2.12. The Balaban J connectivity index is 2.45. The highest BCUT2D eigenvalue weighted by atomic mass is 16.5. The van der Waals surface area contributed by atoms with Crippen LogP contribution in [0.25, 0.3) is 0 Å². The van der Waals surface area contributed by atoms with Gasteiger partial charge in [0.2, 0.25) is 0 Å². The fourth-order valence-corrected chi connectivity index (χ4v) is 1.28. The van der Waals surface area contributed by atoms with E-state index < -0.39 is 30.3 Å². The number of carbonyl (C=O) groups excluding carboxylic acids is 1. The smallest absolute Gasteiger partial charge is 0.326 e. The van der Waals surface area contributed by atoms with Crippen LogP contribution in [0.2, 0.25) is 0 Å². The van der Waals surface area contributed by atoms with Crippen molar-refractivity contribution in [3.05, 3.63) is 30.3 Å². The summed E-state index contributed by atoms with van der Waals surface area (Å²) in [7, 11) is 0. The van der Waals surface area contributed by atoms with Crippen LogP contribution >= 0.6 is 0 Å². The van der Waals surface area contributed by atoms with Crippen LogP contribution in [-0.2, 0) is 14.4 Å². The molecule has 0 fully saturated rings. The first kappa shape index (κ1) is 14.5. The summed E-state index contributed by atoms with van der Waals surface area (Å²) >= 11 is 0. The number of nitrogens with one attached hydrogen (secondary N) is 1. The van der Waals surface area contributed by atoms with Gasteiger partial charge in [-0.05, 0) is 12.1 Å². The Morgan fingerprint density at radius 2 is 1.79 bits per heavy atom. The zero-order valence-corrected chi connectivity index (χ0v) is 9.91. The monoisotopic (exact) mass is 267 g/mol. The molecule has 0 unspecified atom stereocenters. The van der Waals surface area contributed by atoms with Crippen LogP contribution < -0.4 is 10.1 Å². The van der Waals surface area contributed by atoms with Gasteiger partial charge in [-0.1, -0.05) is 18.2 Å². The highest BCUT2D eigenvalue weighted by molar-refractivity contribution is 5.87. The van der Waals surface area contributed by atoms with E-state index in [-0.39, 0.29) is 6.61 Å². The molecule has 0 saturated heterocycles. The lowest BCUT2D eigenvalue weighted by molar-refractivity contribution is -0.147. The molecule has 7 heteroatoms. The molecule has 0 aliphatic carbocycles. The molecule has 0 saturated carbocycles. The van der Waals surface area contributed by atoms with Crippen LogP contribution in [0.3, 0.4) is 0 Å². The van der Waals surface area contributed by atoms with E-state index in [9.17, 15) is 14.4 Å². The van der Waals surface area contributed by atoms with Gasteiger partial charge in [-0.2, -0.15) is 0 Å². The number of amides is 1. The van der Waals surface area contributed by atoms with Crippen molar-refractivity contribution in [3.63, 3.8) is 0 Å². The maximum absolute atomic E-state index is 11.4. The second-order valence-corrected chi connectivity index (χ2v) is 3.66. The minimum Gasteiger partial charge on any atom is -0.484 e. The van der Waals surface area contributed by atoms with Crippen LogP contribution in [-0.4, -0.2) is 40.7 Å². The molecule has 1 amide bonds. The average molecular weight is 267 g/mol. The van der Waals surface area contributed by atoms with E-state index in [0.29, 0.717) is 5.75 Å². The summed E-state index contributed by atoms with van der Waals surface area (Å²) < 4.78 is 5.10. The third-order valence-corrected chi connectivity index (χ3v) is 2.13. The summed E-state index contributed by atoms with van der Waals surface area (Å²) in [4.78, 5) is 32.6. The first-order valence-corrected chi connectivity index (χ1v) is 5.41. The molecule has 0 bridgehead atoms. The Hall–Kier alpha value is -2.57. The number of benzene rings is 1. The third-order valence-electron chi connectivity index (χ3n) is 2.13. The van der Waals surface area contributed by atoms with Crippen molar-refractivity contribution >= 4 is 17.8 Å². The molecule has 19 heavy (non-hydrogen) atoms. The Morgan fingerprint density at radius 3 is 2.32 bits per heavy atom. The van der Waals surface area contributed by atoms with Gasteiger partial charge in [0.25, 0.3) is 5.91 Å². The predicted octanol–water partition coefficient (Wildman–Crippen LogP) is 0.109. The largest absolute Gasteiger partial charge is 0.484 e. The summed E-state index contributed by atoms with van der Waals surface area (Å²) in [6.45, 7) is -0.382. The normalized spacial score (nSPS) is 11.4. The highest BCUT2D eigenvalue weighted by Crippen LogP contribution is 2.07. The van der Waals surface area contributed by atoms with Gasteiger partial charge in [0.1, 0.15) is 11.8 Å². The molecule has 3 N–H and O–H groups in total. The third kappa shape index (κ3) is 5.53. The molecule has 7 nitrogen and oxygen atoms in total. The number of hydrogen-bond donors (Lipinski definition) is 3. The minimum absolute atomic E-state index is 0.382. The number of rotatable bonds is 7. The molecule has 1 aromatic rings. The molecule has 102 valence electrons. The summed E-state index contributed by atoms with van der Waals surface area (Å²) in [5, 5.41) is 19.3.